The minimum absolute atomic E-state index is 0.318. The van der Waals surface area contributed by atoms with E-state index < -0.39 is 5.97 Å². The van der Waals surface area contributed by atoms with Crippen LogP contribution in [-0.2, 0) is 22.4 Å². The second-order valence-electron chi connectivity index (χ2n) is 6.34. The van der Waals surface area contributed by atoms with Crippen LogP contribution in [0.2, 0.25) is 0 Å². The molecule has 1 amide bonds. The minimum atomic E-state index is -0.407. The number of nitrogens with one attached hydrogen (secondary N) is 1. The molecular weight excluding hydrogens is 378 g/mol. The normalized spacial score (nSPS) is 13.1. The Morgan fingerprint density at radius 2 is 1.89 bits per heavy atom. The summed E-state index contributed by atoms with van der Waals surface area (Å²) in [5, 5.41) is 3.39. The quantitative estimate of drug-likeness (QED) is 0.583. The molecule has 0 fully saturated rings. The second-order valence-corrected chi connectivity index (χ2v) is 7.44. The molecule has 1 N–H and O–H groups in total. The van der Waals surface area contributed by atoms with E-state index in [1.807, 2.05) is 6.07 Å². The summed E-state index contributed by atoms with van der Waals surface area (Å²) in [6.07, 6.45) is 6.99. The van der Waals surface area contributed by atoms with Gasteiger partial charge in [0.15, 0.2) is 0 Å². The van der Waals surface area contributed by atoms with Gasteiger partial charge in [-0.1, -0.05) is 0 Å². The van der Waals surface area contributed by atoms with Crippen molar-refractivity contribution in [3.8, 4) is 11.5 Å². The summed E-state index contributed by atoms with van der Waals surface area (Å²) in [4.78, 5) is 25.9. The predicted octanol–water partition coefficient (Wildman–Crippen LogP) is 4.08. The van der Waals surface area contributed by atoms with Gasteiger partial charge in [-0.3, -0.25) is 4.79 Å². The van der Waals surface area contributed by atoms with Crippen LogP contribution in [0.1, 0.15) is 39.2 Å². The molecule has 0 saturated carbocycles. The number of hydrogen-bond acceptors (Lipinski definition) is 6. The monoisotopic (exact) mass is 401 g/mol. The van der Waals surface area contributed by atoms with Gasteiger partial charge >= 0.3 is 5.97 Å². The molecule has 0 unspecified atom stereocenters. The highest BCUT2D eigenvalue weighted by molar-refractivity contribution is 7.17. The van der Waals surface area contributed by atoms with Crippen molar-refractivity contribution < 1.29 is 23.8 Å². The van der Waals surface area contributed by atoms with Crippen molar-refractivity contribution in [3.05, 3.63) is 45.8 Å². The highest BCUT2D eigenvalue weighted by atomic mass is 32.1. The molecule has 3 rings (SSSR count). The lowest BCUT2D eigenvalue weighted by Crippen LogP contribution is -2.13. The number of anilines is 1. The Hall–Kier alpha value is -2.80. The zero-order chi connectivity index (χ0) is 20.1. The van der Waals surface area contributed by atoms with Gasteiger partial charge in [-0.05, 0) is 49.5 Å². The van der Waals surface area contributed by atoms with Crippen LogP contribution in [0.5, 0.6) is 11.5 Å². The predicted molar refractivity (Wildman–Crippen MR) is 110 cm³/mol. The summed E-state index contributed by atoms with van der Waals surface area (Å²) in [7, 11) is 4.50. The van der Waals surface area contributed by atoms with Crippen molar-refractivity contribution in [3.63, 3.8) is 0 Å². The summed E-state index contributed by atoms with van der Waals surface area (Å²) in [6, 6.07) is 5.36. The summed E-state index contributed by atoms with van der Waals surface area (Å²) < 4.78 is 15.4. The molecule has 0 radical (unpaired) electrons. The van der Waals surface area contributed by atoms with Crippen molar-refractivity contribution in [1.82, 2.24) is 0 Å². The summed E-state index contributed by atoms with van der Waals surface area (Å²) in [5.41, 5.74) is 2.25. The number of rotatable bonds is 6. The van der Waals surface area contributed by atoms with E-state index in [2.05, 4.69) is 5.32 Å². The molecule has 0 saturated heterocycles. The van der Waals surface area contributed by atoms with Gasteiger partial charge in [0, 0.05) is 22.6 Å². The third-order valence-corrected chi connectivity index (χ3v) is 5.86. The Morgan fingerprint density at radius 1 is 1.11 bits per heavy atom. The van der Waals surface area contributed by atoms with E-state index in [1.165, 1.54) is 24.5 Å². The van der Waals surface area contributed by atoms with Gasteiger partial charge in [0.2, 0.25) is 5.91 Å². The fourth-order valence-electron chi connectivity index (χ4n) is 3.25. The fourth-order valence-corrected chi connectivity index (χ4v) is 4.53. The zero-order valence-electron chi connectivity index (χ0n) is 16.2. The van der Waals surface area contributed by atoms with E-state index >= 15 is 0 Å². The minimum Gasteiger partial charge on any atom is -0.497 e. The summed E-state index contributed by atoms with van der Waals surface area (Å²) >= 11 is 1.46. The Kier molecular flexibility index (Phi) is 6.36. The molecule has 148 valence electrons. The van der Waals surface area contributed by atoms with Crippen LogP contribution in [0.3, 0.4) is 0 Å². The Bertz CT molecular complexity index is 916. The van der Waals surface area contributed by atoms with E-state index in [0.717, 1.165) is 41.7 Å². The lowest BCUT2D eigenvalue weighted by atomic mass is 9.95. The van der Waals surface area contributed by atoms with Gasteiger partial charge in [-0.25, -0.2) is 4.79 Å². The molecule has 0 aliphatic heterocycles. The number of thiophene rings is 1. The van der Waals surface area contributed by atoms with Crippen molar-refractivity contribution >= 4 is 34.3 Å². The highest BCUT2D eigenvalue weighted by Crippen LogP contribution is 2.38. The van der Waals surface area contributed by atoms with Crippen molar-refractivity contribution in [1.29, 1.82) is 0 Å². The number of methoxy groups -OCH3 is 3. The van der Waals surface area contributed by atoms with Gasteiger partial charge in [0.05, 0.1) is 26.9 Å². The highest BCUT2D eigenvalue weighted by Gasteiger charge is 2.26. The molecule has 1 heterocycles. The van der Waals surface area contributed by atoms with Crippen molar-refractivity contribution in [2.75, 3.05) is 26.6 Å². The van der Waals surface area contributed by atoms with E-state index in [1.54, 1.807) is 32.4 Å². The number of aryl methyl sites for hydroxylation is 1. The molecule has 2 aromatic rings. The standard InChI is InChI=1S/C21H23NO5S/c1-25-14-10-8-13(16(12-14)26-2)9-11-18(23)22-20-19(21(24)27-3)15-6-4-5-7-17(15)28-20/h8-12H,4-7H2,1-3H3,(H,22,23). The topological polar surface area (TPSA) is 73.9 Å². The maximum atomic E-state index is 12.5. The van der Waals surface area contributed by atoms with Crippen LogP contribution in [0.25, 0.3) is 6.08 Å². The lowest BCUT2D eigenvalue weighted by molar-refractivity contribution is -0.111. The Labute approximate surface area is 168 Å². The SMILES string of the molecule is COC(=O)c1c(NC(=O)C=Cc2ccc(OC)cc2OC)sc2c1CCCC2. The molecule has 0 atom stereocenters. The molecule has 0 bridgehead atoms. The average Bonchev–Trinajstić information content (AvgIpc) is 3.09. The first kappa shape index (κ1) is 19.9. The number of amides is 1. The van der Waals surface area contributed by atoms with Gasteiger partial charge < -0.3 is 19.5 Å². The molecule has 0 spiro atoms. The zero-order valence-corrected chi connectivity index (χ0v) is 17.0. The number of esters is 1. The second kappa shape index (κ2) is 8.93. The van der Waals surface area contributed by atoms with E-state index in [-0.39, 0.29) is 5.91 Å². The molecule has 1 aliphatic rings. The average molecular weight is 401 g/mol. The lowest BCUT2D eigenvalue weighted by Gasteiger charge is -2.11. The summed E-state index contributed by atoms with van der Waals surface area (Å²) in [5.74, 6) is 0.549. The van der Waals surface area contributed by atoms with Gasteiger partial charge in [-0.15, -0.1) is 11.3 Å². The van der Waals surface area contributed by atoms with Crippen molar-refractivity contribution in [2.24, 2.45) is 0 Å². The molecular formula is C21H23NO5S. The van der Waals surface area contributed by atoms with E-state index in [0.29, 0.717) is 22.1 Å². The molecule has 1 aromatic carbocycles. The van der Waals surface area contributed by atoms with Gasteiger partial charge in [-0.2, -0.15) is 0 Å². The first-order valence-corrected chi connectivity index (χ1v) is 9.83. The van der Waals surface area contributed by atoms with Crippen molar-refractivity contribution in [2.45, 2.75) is 25.7 Å². The van der Waals surface area contributed by atoms with Gasteiger partial charge in [0.1, 0.15) is 16.5 Å². The number of carbonyl (C=O) groups is 2. The van der Waals surface area contributed by atoms with Crippen LogP contribution < -0.4 is 14.8 Å². The Morgan fingerprint density at radius 3 is 2.61 bits per heavy atom. The number of benzene rings is 1. The number of ether oxygens (including phenoxy) is 3. The number of fused-ring (bicyclic) bond motifs is 1. The Balaban J connectivity index is 1.81. The van der Waals surface area contributed by atoms with E-state index in [9.17, 15) is 9.59 Å². The summed E-state index contributed by atoms with van der Waals surface area (Å²) in [6.45, 7) is 0. The molecule has 1 aliphatic carbocycles. The number of hydrogen-bond donors (Lipinski definition) is 1. The molecule has 7 heteroatoms. The molecule has 6 nitrogen and oxygen atoms in total. The van der Waals surface area contributed by atoms with Crippen LogP contribution in [0, 0.1) is 0 Å². The smallest absolute Gasteiger partial charge is 0.341 e. The van der Waals surface area contributed by atoms with Gasteiger partial charge in [0.25, 0.3) is 0 Å². The van der Waals surface area contributed by atoms with Crippen LogP contribution in [0.4, 0.5) is 5.00 Å². The van der Waals surface area contributed by atoms with Crippen LogP contribution >= 0.6 is 11.3 Å². The fraction of sp³-hybridized carbons (Fsp3) is 0.333. The number of carbonyl (C=O) groups excluding carboxylic acids is 2. The van der Waals surface area contributed by atoms with Crippen LogP contribution in [0.15, 0.2) is 24.3 Å². The maximum absolute atomic E-state index is 12.5. The third kappa shape index (κ3) is 4.20. The first-order chi connectivity index (χ1) is 13.6. The molecule has 28 heavy (non-hydrogen) atoms. The third-order valence-electron chi connectivity index (χ3n) is 4.65. The largest absolute Gasteiger partial charge is 0.497 e. The van der Waals surface area contributed by atoms with Crippen LogP contribution in [-0.4, -0.2) is 33.2 Å². The molecule has 1 aromatic heterocycles. The van der Waals surface area contributed by atoms with E-state index in [4.69, 9.17) is 14.2 Å². The first-order valence-electron chi connectivity index (χ1n) is 9.01. The maximum Gasteiger partial charge on any atom is 0.341 e.